The lowest BCUT2D eigenvalue weighted by atomic mass is 10.3. The van der Waals surface area contributed by atoms with Gasteiger partial charge in [0.15, 0.2) is 0 Å². The number of rotatable bonds is 4. The van der Waals surface area contributed by atoms with Gasteiger partial charge in [0, 0.05) is 31.8 Å². The maximum absolute atomic E-state index is 5.64. The van der Waals surface area contributed by atoms with Crippen molar-refractivity contribution >= 4 is 22.8 Å². The topological polar surface area (TPSA) is 81.7 Å². The zero-order valence-corrected chi connectivity index (χ0v) is 12.2. The molecule has 2 aromatic heterocycles. The molecular weight excluding hydrogens is 264 g/mol. The molecule has 0 saturated heterocycles. The van der Waals surface area contributed by atoms with E-state index in [1.165, 1.54) is 0 Å². The molecule has 3 N–H and O–H groups in total. The number of nitrogens with one attached hydrogen (secondary N) is 1. The molecule has 0 saturated carbocycles. The van der Waals surface area contributed by atoms with E-state index in [0.29, 0.717) is 5.95 Å². The highest BCUT2D eigenvalue weighted by Gasteiger charge is 2.07. The van der Waals surface area contributed by atoms with Crippen LogP contribution in [-0.4, -0.2) is 26.1 Å². The Balaban J connectivity index is 1.70. The van der Waals surface area contributed by atoms with Crippen molar-refractivity contribution in [3.63, 3.8) is 0 Å². The summed E-state index contributed by atoms with van der Waals surface area (Å²) in [4.78, 5) is 12.9. The smallest absolute Gasteiger partial charge is 0.222 e. The zero-order chi connectivity index (χ0) is 14.8. The number of imidazole rings is 1. The quantitative estimate of drug-likeness (QED) is 0.764. The van der Waals surface area contributed by atoms with E-state index < -0.39 is 0 Å². The lowest BCUT2D eigenvalue weighted by Crippen LogP contribution is -2.11. The first-order chi connectivity index (χ1) is 10.1. The average Bonchev–Trinajstić information content (AvgIpc) is 2.75. The Morgan fingerprint density at radius 2 is 2.00 bits per heavy atom. The van der Waals surface area contributed by atoms with Crippen molar-refractivity contribution in [2.75, 3.05) is 17.6 Å². The predicted molar refractivity (Wildman–Crippen MR) is 84.1 cm³/mol. The average molecular weight is 282 g/mol. The summed E-state index contributed by atoms with van der Waals surface area (Å²) in [5.41, 5.74) is 8.67. The number of anilines is 2. The second-order valence-corrected chi connectivity index (χ2v) is 5.01. The summed E-state index contributed by atoms with van der Waals surface area (Å²) in [6.07, 6.45) is 0.814. The fourth-order valence-electron chi connectivity index (χ4n) is 2.40. The highest BCUT2D eigenvalue weighted by atomic mass is 15.1. The van der Waals surface area contributed by atoms with Gasteiger partial charge in [-0.2, -0.15) is 4.98 Å². The SMILES string of the molecule is Cc1cc(NCCc2nc3ccccc3n2C)nc(N)n1. The normalized spacial score (nSPS) is 11.0. The predicted octanol–water partition coefficient (Wildman–Crippen LogP) is 1.91. The minimum absolute atomic E-state index is 0.292. The Labute approximate surface area is 123 Å². The number of nitrogens with zero attached hydrogens (tertiary/aromatic N) is 4. The third-order valence-corrected chi connectivity index (χ3v) is 3.41. The van der Waals surface area contributed by atoms with Crippen LogP contribution in [0.15, 0.2) is 30.3 Å². The molecule has 3 aromatic rings. The number of nitrogen functional groups attached to an aromatic ring is 1. The van der Waals surface area contributed by atoms with E-state index in [1.54, 1.807) is 0 Å². The first-order valence-electron chi connectivity index (χ1n) is 6.89. The third-order valence-electron chi connectivity index (χ3n) is 3.41. The number of para-hydroxylation sites is 2. The molecule has 0 aliphatic carbocycles. The molecular formula is C15H18N6. The van der Waals surface area contributed by atoms with Gasteiger partial charge in [-0.25, -0.2) is 9.97 Å². The maximum Gasteiger partial charge on any atom is 0.222 e. The zero-order valence-electron chi connectivity index (χ0n) is 12.2. The first kappa shape index (κ1) is 13.4. The molecule has 0 spiro atoms. The first-order valence-corrected chi connectivity index (χ1v) is 6.89. The van der Waals surface area contributed by atoms with Crippen LogP contribution in [0.1, 0.15) is 11.5 Å². The molecule has 6 nitrogen and oxygen atoms in total. The van der Waals surface area contributed by atoms with E-state index in [2.05, 4.69) is 30.9 Å². The van der Waals surface area contributed by atoms with Gasteiger partial charge >= 0.3 is 0 Å². The van der Waals surface area contributed by atoms with E-state index in [1.807, 2.05) is 38.2 Å². The Morgan fingerprint density at radius 1 is 1.19 bits per heavy atom. The van der Waals surface area contributed by atoms with E-state index in [9.17, 15) is 0 Å². The molecule has 1 aromatic carbocycles. The van der Waals surface area contributed by atoms with Crippen LogP contribution in [-0.2, 0) is 13.5 Å². The van der Waals surface area contributed by atoms with Crippen LogP contribution in [0.2, 0.25) is 0 Å². The molecule has 0 bridgehead atoms. The van der Waals surface area contributed by atoms with Gasteiger partial charge in [0.2, 0.25) is 5.95 Å². The molecule has 0 aliphatic rings. The number of aryl methyl sites for hydroxylation is 2. The highest BCUT2D eigenvalue weighted by molar-refractivity contribution is 5.75. The van der Waals surface area contributed by atoms with Crippen molar-refractivity contribution in [3.8, 4) is 0 Å². The summed E-state index contributed by atoms with van der Waals surface area (Å²) in [6.45, 7) is 2.64. The van der Waals surface area contributed by atoms with Gasteiger partial charge in [-0.15, -0.1) is 0 Å². The van der Waals surface area contributed by atoms with Crippen LogP contribution >= 0.6 is 0 Å². The molecule has 0 amide bonds. The summed E-state index contributed by atoms with van der Waals surface area (Å²) < 4.78 is 2.12. The van der Waals surface area contributed by atoms with E-state index in [4.69, 9.17) is 5.73 Å². The minimum Gasteiger partial charge on any atom is -0.369 e. The summed E-state index contributed by atoms with van der Waals surface area (Å²) in [7, 11) is 2.04. The van der Waals surface area contributed by atoms with Crippen LogP contribution in [0.4, 0.5) is 11.8 Å². The van der Waals surface area contributed by atoms with Gasteiger partial charge in [0.1, 0.15) is 11.6 Å². The van der Waals surface area contributed by atoms with E-state index >= 15 is 0 Å². The fraction of sp³-hybridized carbons (Fsp3) is 0.267. The standard InChI is InChI=1S/C15H18N6/c1-10-9-13(20-15(16)18-10)17-8-7-14-19-11-5-3-4-6-12(11)21(14)2/h3-6,9H,7-8H2,1-2H3,(H3,16,17,18,20). The van der Waals surface area contributed by atoms with Crippen molar-refractivity contribution in [1.82, 2.24) is 19.5 Å². The lowest BCUT2D eigenvalue weighted by molar-refractivity contribution is 0.806. The highest BCUT2D eigenvalue weighted by Crippen LogP contribution is 2.14. The molecule has 0 radical (unpaired) electrons. The Kier molecular flexibility index (Phi) is 3.43. The second-order valence-electron chi connectivity index (χ2n) is 5.01. The van der Waals surface area contributed by atoms with Crippen molar-refractivity contribution in [1.29, 1.82) is 0 Å². The molecule has 0 unspecified atom stereocenters. The van der Waals surface area contributed by atoms with E-state index in [0.717, 1.165) is 41.3 Å². The summed E-state index contributed by atoms with van der Waals surface area (Å²) >= 11 is 0. The summed E-state index contributed by atoms with van der Waals surface area (Å²) in [6, 6.07) is 10.0. The van der Waals surface area contributed by atoms with Crippen molar-refractivity contribution in [2.45, 2.75) is 13.3 Å². The Bertz CT molecular complexity index is 757. The van der Waals surface area contributed by atoms with Crippen LogP contribution in [0.25, 0.3) is 11.0 Å². The van der Waals surface area contributed by atoms with Gasteiger partial charge in [0.25, 0.3) is 0 Å². The van der Waals surface area contributed by atoms with Crippen LogP contribution < -0.4 is 11.1 Å². The number of hydrogen-bond acceptors (Lipinski definition) is 5. The third kappa shape index (κ3) is 2.79. The van der Waals surface area contributed by atoms with Crippen LogP contribution in [0.3, 0.4) is 0 Å². The van der Waals surface area contributed by atoms with Crippen LogP contribution in [0.5, 0.6) is 0 Å². The molecule has 108 valence electrons. The largest absolute Gasteiger partial charge is 0.369 e. The van der Waals surface area contributed by atoms with Gasteiger partial charge in [0.05, 0.1) is 11.0 Å². The summed E-state index contributed by atoms with van der Waals surface area (Å²) in [5.74, 6) is 2.08. The van der Waals surface area contributed by atoms with Crippen molar-refractivity contribution in [2.24, 2.45) is 7.05 Å². The maximum atomic E-state index is 5.64. The number of fused-ring (bicyclic) bond motifs is 1. The Hall–Kier alpha value is -2.63. The molecule has 0 aliphatic heterocycles. The molecule has 3 rings (SSSR count). The monoisotopic (exact) mass is 282 g/mol. The fourth-order valence-corrected chi connectivity index (χ4v) is 2.40. The van der Waals surface area contributed by atoms with Gasteiger partial charge in [-0.1, -0.05) is 12.1 Å². The minimum atomic E-state index is 0.292. The number of benzene rings is 1. The molecule has 0 fully saturated rings. The van der Waals surface area contributed by atoms with E-state index in [-0.39, 0.29) is 0 Å². The molecule has 2 heterocycles. The van der Waals surface area contributed by atoms with Crippen molar-refractivity contribution in [3.05, 3.63) is 41.9 Å². The lowest BCUT2D eigenvalue weighted by Gasteiger charge is -2.07. The molecule has 6 heteroatoms. The second kappa shape index (κ2) is 5.40. The number of hydrogen-bond donors (Lipinski definition) is 2. The summed E-state index contributed by atoms with van der Waals surface area (Å²) in [5, 5.41) is 3.26. The van der Waals surface area contributed by atoms with Gasteiger partial charge in [-0.3, -0.25) is 0 Å². The number of aromatic nitrogens is 4. The molecule has 0 atom stereocenters. The van der Waals surface area contributed by atoms with Gasteiger partial charge in [-0.05, 0) is 19.1 Å². The van der Waals surface area contributed by atoms with Crippen LogP contribution in [0, 0.1) is 6.92 Å². The number of nitrogens with two attached hydrogens (primary N) is 1. The van der Waals surface area contributed by atoms with Gasteiger partial charge < -0.3 is 15.6 Å². The molecule has 21 heavy (non-hydrogen) atoms. The van der Waals surface area contributed by atoms with Crippen molar-refractivity contribution < 1.29 is 0 Å². The Morgan fingerprint density at radius 3 is 2.76 bits per heavy atom.